The Kier molecular flexibility index (Phi) is 7.36. The molecular formula is C22H25FN2O2. The van der Waals surface area contributed by atoms with Gasteiger partial charge in [-0.05, 0) is 49.2 Å². The number of hydrogen-bond donors (Lipinski definition) is 0. The van der Waals surface area contributed by atoms with Gasteiger partial charge in [0.15, 0.2) is 0 Å². The SMILES string of the molecule is CC(C)Oc1ccc([C@H](CC(=O)N(C)CCC#N)c2ccc(F)cc2)cc1. The van der Waals surface area contributed by atoms with Gasteiger partial charge in [0.1, 0.15) is 11.6 Å². The van der Waals surface area contributed by atoms with Gasteiger partial charge in [-0.1, -0.05) is 24.3 Å². The number of nitrogens with zero attached hydrogens (tertiary/aromatic N) is 2. The van der Waals surface area contributed by atoms with Crippen LogP contribution in [-0.2, 0) is 4.79 Å². The summed E-state index contributed by atoms with van der Waals surface area (Å²) in [6.07, 6.45) is 0.627. The van der Waals surface area contributed by atoms with E-state index in [1.165, 1.54) is 12.1 Å². The molecule has 2 aromatic rings. The van der Waals surface area contributed by atoms with Gasteiger partial charge in [0.25, 0.3) is 0 Å². The lowest BCUT2D eigenvalue weighted by molar-refractivity contribution is -0.130. The van der Waals surface area contributed by atoms with Gasteiger partial charge in [-0.15, -0.1) is 0 Å². The zero-order valence-electron chi connectivity index (χ0n) is 16.0. The number of nitriles is 1. The average Bonchev–Trinajstić information content (AvgIpc) is 2.65. The molecule has 1 amide bonds. The summed E-state index contributed by atoms with van der Waals surface area (Å²) in [7, 11) is 1.70. The Balaban J connectivity index is 2.26. The lowest BCUT2D eigenvalue weighted by Crippen LogP contribution is -2.29. The van der Waals surface area contributed by atoms with Crippen LogP contribution in [0.1, 0.15) is 43.7 Å². The third-order valence-electron chi connectivity index (χ3n) is 4.29. The first-order valence-electron chi connectivity index (χ1n) is 9.03. The van der Waals surface area contributed by atoms with Gasteiger partial charge in [-0.25, -0.2) is 4.39 Å². The molecule has 0 bridgehead atoms. The van der Waals surface area contributed by atoms with E-state index in [4.69, 9.17) is 10.00 Å². The molecule has 0 fully saturated rings. The first-order chi connectivity index (χ1) is 12.9. The van der Waals surface area contributed by atoms with Crippen molar-refractivity contribution >= 4 is 5.91 Å². The molecule has 0 aromatic heterocycles. The minimum atomic E-state index is -0.310. The molecule has 27 heavy (non-hydrogen) atoms. The van der Waals surface area contributed by atoms with Gasteiger partial charge in [-0.3, -0.25) is 4.79 Å². The molecule has 0 radical (unpaired) electrons. The first kappa shape index (κ1) is 20.4. The topological polar surface area (TPSA) is 53.3 Å². The highest BCUT2D eigenvalue weighted by atomic mass is 19.1. The van der Waals surface area contributed by atoms with Crippen molar-refractivity contribution in [1.82, 2.24) is 4.90 Å². The quantitative estimate of drug-likeness (QED) is 0.689. The summed E-state index contributed by atoms with van der Waals surface area (Å²) >= 11 is 0. The number of halogens is 1. The van der Waals surface area contributed by atoms with Crippen LogP contribution in [0.15, 0.2) is 48.5 Å². The summed E-state index contributed by atoms with van der Waals surface area (Å²) in [5, 5.41) is 8.71. The number of ether oxygens (including phenoxy) is 1. The standard InChI is InChI=1S/C22H25FN2O2/c1-16(2)27-20-11-7-18(8-12-20)21(17-5-9-19(23)10-6-17)15-22(26)25(3)14-4-13-24/h5-12,16,21H,4,14-15H2,1-3H3/t21-/m1/s1. The molecule has 1 atom stereocenters. The molecule has 142 valence electrons. The van der Waals surface area contributed by atoms with Crippen molar-refractivity contribution in [2.75, 3.05) is 13.6 Å². The largest absolute Gasteiger partial charge is 0.491 e. The second-order valence-corrected chi connectivity index (χ2v) is 6.77. The fourth-order valence-electron chi connectivity index (χ4n) is 2.85. The predicted octanol–water partition coefficient (Wildman–Crippen LogP) is 4.51. The van der Waals surface area contributed by atoms with Crippen LogP contribution in [-0.4, -0.2) is 30.5 Å². The molecule has 4 nitrogen and oxygen atoms in total. The summed E-state index contributed by atoms with van der Waals surface area (Å²) in [4.78, 5) is 14.2. The fraction of sp³-hybridized carbons (Fsp3) is 0.364. The summed E-state index contributed by atoms with van der Waals surface area (Å²) in [6.45, 7) is 4.32. The van der Waals surface area contributed by atoms with E-state index in [1.54, 1.807) is 24.1 Å². The van der Waals surface area contributed by atoms with E-state index < -0.39 is 0 Å². The lowest BCUT2D eigenvalue weighted by Gasteiger charge is -2.22. The van der Waals surface area contributed by atoms with Gasteiger partial charge < -0.3 is 9.64 Å². The van der Waals surface area contributed by atoms with Crippen molar-refractivity contribution in [2.45, 2.75) is 38.7 Å². The number of carbonyl (C=O) groups excluding carboxylic acids is 1. The molecule has 0 heterocycles. The fourth-order valence-corrected chi connectivity index (χ4v) is 2.85. The Bertz CT molecular complexity index is 779. The molecule has 2 aromatic carbocycles. The van der Waals surface area contributed by atoms with Gasteiger partial charge in [-0.2, -0.15) is 5.26 Å². The number of rotatable bonds is 8. The van der Waals surface area contributed by atoms with E-state index in [-0.39, 0.29) is 30.2 Å². The average molecular weight is 368 g/mol. The number of amides is 1. The molecule has 0 saturated heterocycles. The van der Waals surface area contributed by atoms with Crippen LogP contribution in [0.25, 0.3) is 0 Å². The molecule has 0 unspecified atom stereocenters. The Hall–Kier alpha value is -2.87. The summed E-state index contributed by atoms with van der Waals surface area (Å²) < 4.78 is 19.0. The molecule has 0 saturated carbocycles. The highest BCUT2D eigenvalue weighted by Gasteiger charge is 2.21. The smallest absolute Gasteiger partial charge is 0.223 e. The van der Waals surface area contributed by atoms with Crippen LogP contribution in [0.3, 0.4) is 0 Å². The third kappa shape index (κ3) is 6.10. The number of carbonyl (C=O) groups is 1. The minimum absolute atomic E-state index is 0.0536. The number of benzene rings is 2. The van der Waals surface area contributed by atoms with Gasteiger partial charge in [0, 0.05) is 25.9 Å². The zero-order chi connectivity index (χ0) is 19.8. The highest BCUT2D eigenvalue weighted by Crippen LogP contribution is 2.30. The van der Waals surface area contributed by atoms with Crippen molar-refractivity contribution in [2.24, 2.45) is 0 Å². The Morgan fingerprint density at radius 2 is 1.67 bits per heavy atom. The van der Waals surface area contributed by atoms with Crippen LogP contribution in [0.2, 0.25) is 0 Å². The van der Waals surface area contributed by atoms with Crippen molar-refractivity contribution in [3.05, 3.63) is 65.5 Å². The molecule has 2 rings (SSSR count). The minimum Gasteiger partial charge on any atom is -0.491 e. The lowest BCUT2D eigenvalue weighted by atomic mass is 9.88. The molecule has 5 heteroatoms. The second-order valence-electron chi connectivity index (χ2n) is 6.77. The van der Waals surface area contributed by atoms with Crippen LogP contribution in [0, 0.1) is 17.1 Å². The van der Waals surface area contributed by atoms with Crippen LogP contribution >= 0.6 is 0 Å². The first-order valence-corrected chi connectivity index (χ1v) is 9.03. The van der Waals surface area contributed by atoms with Gasteiger partial charge in [0.05, 0.1) is 18.6 Å². The van der Waals surface area contributed by atoms with Gasteiger partial charge in [0.2, 0.25) is 5.91 Å². The molecule has 0 spiro atoms. The van der Waals surface area contributed by atoms with E-state index >= 15 is 0 Å². The molecular weight excluding hydrogens is 343 g/mol. The maximum Gasteiger partial charge on any atom is 0.223 e. The Labute approximate surface area is 160 Å². The van der Waals surface area contributed by atoms with E-state index in [9.17, 15) is 9.18 Å². The maximum atomic E-state index is 13.3. The third-order valence-corrected chi connectivity index (χ3v) is 4.29. The van der Waals surface area contributed by atoms with E-state index in [0.717, 1.165) is 16.9 Å². The molecule has 0 N–H and O–H groups in total. The van der Waals surface area contributed by atoms with E-state index in [2.05, 4.69) is 0 Å². The number of hydrogen-bond acceptors (Lipinski definition) is 3. The predicted molar refractivity (Wildman–Crippen MR) is 103 cm³/mol. The zero-order valence-corrected chi connectivity index (χ0v) is 16.0. The maximum absolute atomic E-state index is 13.3. The van der Waals surface area contributed by atoms with Gasteiger partial charge >= 0.3 is 0 Å². The Morgan fingerprint density at radius 1 is 1.11 bits per heavy atom. The van der Waals surface area contributed by atoms with E-state index in [0.29, 0.717) is 13.0 Å². The van der Waals surface area contributed by atoms with Crippen LogP contribution in [0.5, 0.6) is 5.75 Å². The molecule has 0 aliphatic carbocycles. The molecule has 0 aliphatic heterocycles. The van der Waals surface area contributed by atoms with Crippen molar-refractivity contribution in [1.29, 1.82) is 5.26 Å². The summed E-state index contributed by atoms with van der Waals surface area (Å²) in [5.41, 5.74) is 1.83. The van der Waals surface area contributed by atoms with E-state index in [1.807, 2.05) is 44.2 Å². The normalized spacial score (nSPS) is 11.7. The summed E-state index contributed by atoms with van der Waals surface area (Å²) in [5.74, 6) is 0.206. The van der Waals surface area contributed by atoms with Crippen LogP contribution in [0.4, 0.5) is 4.39 Å². The Morgan fingerprint density at radius 3 is 2.19 bits per heavy atom. The van der Waals surface area contributed by atoms with Crippen molar-refractivity contribution < 1.29 is 13.9 Å². The van der Waals surface area contributed by atoms with Crippen molar-refractivity contribution in [3.8, 4) is 11.8 Å². The second kappa shape index (κ2) is 9.72. The monoisotopic (exact) mass is 368 g/mol. The molecule has 0 aliphatic rings. The summed E-state index contributed by atoms with van der Waals surface area (Å²) in [6, 6.07) is 15.9. The van der Waals surface area contributed by atoms with Crippen LogP contribution < -0.4 is 4.74 Å². The van der Waals surface area contributed by atoms with Crippen molar-refractivity contribution in [3.63, 3.8) is 0 Å². The highest BCUT2D eigenvalue weighted by molar-refractivity contribution is 5.77.